The van der Waals surface area contributed by atoms with E-state index in [-0.39, 0.29) is 0 Å². The predicted octanol–water partition coefficient (Wildman–Crippen LogP) is 2.25. The molecule has 0 saturated carbocycles. The van der Waals surface area contributed by atoms with Crippen molar-refractivity contribution in [3.05, 3.63) is 17.5 Å². The van der Waals surface area contributed by atoms with E-state index in [1.165, 1.54) is 18.5 Å². The van der Waals surface area contributed by atoms with Gasteiger partial charge in [0.05, 0.1) is 11.4 Å². The van der Waals surface area contributed by atoms with Crippen molar-refractivity contribution >= 4 is 0 Å². The van der Waals surface area contributed by atoms with Crippen molar-refractivity contribution in [2.45, 2.75) is 40.2 Å². The molecule has 0 fully saturated rings. The van der Waals surface area contributed by atoms with E-state index in [9.17, 15) is 0 Å². The summed E-state index contributed by atoms with van der Waals surface area (Å²) in [5.41, 5.74) is 2.36. The van der Waals surface area contributed by atoms with Gasteiger partial charge in [0, 0.05) is 13.6 Å². The van der Waals surface area contributed by atoms with Gasteiger partial charge in [-0.15, -0.1) is 0 Å². The quantitative estimate of drug-likeness (QED) is 0.779. The molecule has 15 heavy (non-hydrogen) atoms. The van der Waals surface area contributed by atoms with Gasteiger partial charge in [0.2, 0.25) is 0 Å². The van der Waals surface area contributed by atoms with Gasteiger partial charge in [-0.2, -0.15) is 5.10 Å². The highest BCUT2D eigenvalue weighted by Crippen LogP contribution is 2.06. The van der Waals surface area contributed by atoms with Crippen LogP contribution in [0.3, 0.4) is 0 Å². The second kappa shape index (κ2) is 5.91. The van der Waals surface area contributed by atoms with Crippen LogP contribution in [0.4, 0.5) is 0 Å². The second-order valence-corrected chi connectivity index (χ2v) is 4.21. The van der Waals surface area contributed by atoms with Crippen molar-refractivity contribution in [2.24, 2.45) is 13.0 Å². The lowest BCUT2D eigenvalue weighted by Crippen LogP contribution is -2.22. The molecular formula is C12H23N3. The Balaban J connectivity index is 2.34. The Morgan fingerprint density at radius 2 is 2.07 bits per heavy atom. The second-order valence-electron chi connectivity index (χ2n) is 4.21. The van der Waals surface area contributed by atoms with Crippen molar-refractivity contribution in [1.82, 2.24) is 15.1 Å². The third-order valence-corrected chi connectivity index (χ3v) is 2.99. The zero-order valence-electron chi connectivity index (χ0n) is 10.4. The predicted molar refractivity (Wildman–Crippen MR) is 63.7 cm³/mol. The van der Waals surface area contributed by atoms with E-state index in [1.54, 1.807) is 0 Å². The molecule has 0 saturated heterocycles. The number of aromatic nitrogens is 2. The van der Waals surface area contributed by atoms with Gasteiger partial charge >= 0.3 is 0 Å². The summed E-state index contributed by atoms with van der Waals surface area (Å²) in [4.78, 5) is 0. The molecule has 1 rings (SSSR count). The maximum absolute atomic E-state index is 4.33. The Labute approximate surface area is 92.9 Å². The smallest absolute Gasteiger partial charge is 0.0597 e. The molecule has 1 heterocycles. The van der Waals surface area contributed by atoms with Gasteiger partial charge < -0.3 is 5.32 Å². The summed E-state index contributed by atoms with van der Waals surface area (Å²) in [7, 11) is 2.00. The third-order valence-electron chi connectivity index (χ3n) is 2.99. The van der Waals surface area contributed by atoms with Gasteiger partial charge in [-0.05, 0) is 25.5 Å². The monoisotopic (exact) mass is 209 g/mol. The van der Waals surface area contributed by atoms with Crippen LogP contribution in [-0.2, 0) is 13.6 Å². The first-order chi connectivity index (χ1) is 7.17. The normalized spacial score (nSPS) is 11.3. The molecule has 0 aliphatic heterocycles. The van der Waals surface area contributed by atoms with Gasteiger partial charge in [0.1, 0.15) is 0 Å². The van der Waals surface area contributed by atoms with Crippen molar-refractivity contribution in [2.75, 3.05) is 6.54 Å². The molecule has 1 aromatic rings. The fraction of sp³-hybridized carbons (Fsp3) is 0.750. The Morgan fingerprint density at radius 3 is 2.53 bits per heavy atom. The van der Waals surface area contributed by atoms with Crippen molar-refractivity contribution < 1.29 is 0 Å². The Kier molecular flexibility index (Phi) is 4.82. The van der Waals surface area contributed by atoms with Gasteiger partial charge in [0.15, 0.2) is 0 Å². The number of nitrogens with zero attached hydrogens (tertiary/aromatic N) is 2. The topological polar surface area (TPSA) is 29.9 Å². The third kappa shape index (κ3) is 3.67. The highest BCUT2D eigenvalue weighted by atomic mass is 15.3. The zero-order valence-corrected chi connectivity index (χ0v) is 10.4. The van der Waals surface area contributed by atoms with Crippen molar-refractivity contribution in [3.8, 4) is 0 Å². The van der Waals surface area contributed by atoms with Gasteiger partial charge in [0.25, 0.3) is 0 Å². The molecule has 0 bridgehead atoms. The van der Waals surface area contributed by atoms with E-state index in [4.69, 9.17) is 0 Å². The highest BCUT2D eigenvalue weighted by Gasteiger charge is 2.04. The molecule has 0 radical (unpaired) electrons. The molecule has 0 aliphatic carbocycles. The molecule has 0 spiro atoms. The van der Waals surface area contributed by atoms with Crippen LogP contribution in [-0.4, -0.2) is 16.3 Å². The first-order valence-corrected chi connectivity index (χ1v) is 5.87. The number of hydrogen-bond donors (Lipinski definition) is 1. The van der Waals surface area contributed by atoms with E-state index in [1.807, 2.05) is 18.7 Å². The molecule has 3 heteroatoms. The molecule has 0 amide bonds. The molecule has 1 N–H and O–H groups in total. The van der Waals surface area contributed by atoms with Crippen LogP contribution in [0.15, 0.2) is 6.07 Å². The van der Waals surface area contributed by atoms with E-state index in [0.717, 1.165) is 24.7 Å². The summed E-state index contributed by atoms with van der Waals surface area (Å²) in [5, 5.41) is 7.82. The highest BCUT2D eigenvalue weighted by molar-refractivity contribution is 5.08. The summed E-state index contributed by atoms with van der Waals surface area (Å²) < 4.78 is 1.95. The van der Waals surface area contributed by atoms with E-state index in [2.05, 4.69) is 30.3 Å². The van der Waals surface area contributed by atoms with Crippen LogP contribution in [0.25, 0.3) is 0 Å². The molecule has 1 aromatic heterocycles. The fourth-order valence-electron chi connectivity index (χ4n) is 1.81. The standard InChI is InChI=1S/C12H23N3/c1-5-11(6-2)8-13-9-12-7-10(3)14-15(12)4/h7,11,13H,5-6,8-9H2,1-4H3. The van der Waals surface area contributed by atoms with Gasteiger partial charge in [-0.25, -0.2) is 0 Å². The lowest BCUT2D eigenvalue weighted by molar-refractivity contribution is 0.444. The Bertz CT molecular complexity index is 287. The van der Waals surface area contributed by atoms with Gasteiger partial charge in [-0.3, -0.25) is 4.68 Å². The summed E-state index contributed by atoms with van der Waals surface area (Å²) in [5.74, 6) is 0.805. The van der Waals surface area contributed by atoms with E-state index in [0.29, 0.717) is 0 Å². The van der Waals surface area contributed by atoms with Crippen LogP contribution in [0.2, 0.25) is 0 Å². The molecule has 0 aromatic carbocycles. The average molecular weight is 209 g/mol. The van der Waals surface area contributed by atoms with Crippen LogP contribution < -0.4 is 5.32 Å². The number of hydrogen-bond acceptors (Lipinski definition) is 2. The minimum absolute atomic E-state index is 0.805. The zero-order chi connectivity index (χ0) is 11.3. The molecular weight excluding hydrogens is 186 g/mol. The molecule has 0 unspecified atom stereocenters. The first kappa shape index (κ1) is 12.2. The summed E-state index contributed by atoms with van der Waals surface area (Å²) in [6.07, 6.45) is 2.52. The Hall–Kier alpha value is -0.830. The number of aryl methyl sites for hydroxylation is 2. The molecule has 0 atom stereocenters. The lowest BCUT2D eigenvalue weighted by Gasteiger charge is -2.13. The van der Waals surface area contributed by atoms with E-state index >= 15 is 0 Å². The number of nitrogens with one attached hydrogen (secondary N) is 1. The first-order valence-electron chi connectivity index (χ1n) is 5.87. The number of rotatable bonds is 6. The van der Waals surface area contributed by atoms with Crippen LogP contribution in [0.1, 0.15) is 38.1 Å². The molecule has 0 aliphatic rings. The lowest BCUT2D eigenvalue weighted by atomic mass is 10.0. The summed E-state index contributed by atoms with van der Waals surface area (Å²) >= 11 is 0. The molecule has 3 nitrogen and oxygen atoms in total. The van der Waals surface area contributed by atoms with Crippen LogP contribution in [0.5, 0.6) is 0 Å². The minimum atomic E-state index is 0.805. The minimum Gasteiger partial charge on any atom is -0.311 e. The molecule has 86 valence electrons. The van der Waals surface area contributed by atoms with Crippen LogP contribution in [0, 0.1) is 12.8 Å². The summed E-state index contributed by atoms with van der Waals surface area (Å²) in [6, 6.07) is 2.14. The maximum Gasteiger partial charge on any atom is 0.0597 e. The Morgan fingerprint density at radius 1 is 1.40 bits per heavy atom. The van der Waals surface area contributed by atoms with E-state index < -0.39 is 0 Å². The largest absolute Gasteiger partial charge is 0.311 e. The summed E-state index contributed by atoms with van der Waals surface area (Å²) in [6.45, 7) is 8.57. The fourth-order valence-corrected chi connectivity index (χ4v) is 1.81. The average Bonchev–Trinajstić information content (AvgIpc) is 2.52. The van der Waals surface area contributed by atoms with Crippen molar-refractivity contribution in [1.29, 1.82) is 0 Å². The maximum atomic E-state index is 4.33. The van der Waals surface area contributed by atoms with Gasteiger partial charge in [-0.1, -0.05) is 26.7 Å². The SMILES string of the molecule is CCC(CC)CNCc1cc(C)nn1C. The van der Waals surface area contributed by atoms with Crippen molar-refractivity contribution in [3.63, 3.8) is 0 Å². The van der Waals surface area contributed by atoms with Crippen LogP contribution >= 0.6 is 0 Å².